The van der Waals surface area contributed by atoms with Crippen LogP contribution in [0, 0.1) is 0 Å². The fraction of sp³-hybridized carbons (Fsp3) is 0.333. The van der Waals surface area contributed by atoms with Gasteiger partial charge in [0.25, 0.3) is 0 Å². The van der Waals surface area contributed by atoms with E-state index >= 15 is 0 Å². The van der Waals surface area contributed by atoms with Crippen molar-refractivity contribution in [3.05, 3.63) is 33.5 Å². The van der Waals surface area contributed by atoms with Gasteiger partial charge in [-0.25, -0.2) is 4.98 Å². The van der Waals surface area contributed by atoms with Crippen molar-refractivity contribution in [3.8, 4) is 0 Å². The Morgan fingerprint density at radius 3 is 2.44 bits per heavy atom. The Balaban J connectivity index is 1.91. The zero-order chi connectivity index (χ0) is 17.9. The van der Waals surface area contributed by atoms with Crippen LogP contribution in [0.2, 0.25) is 15.3 Å². The standard InChI is InChI=1S/C15H12Cl3N3O4/c16-6-1-5-2-9-13(19-8(5)3-7(6)17)20-15(18)21(9)14-12(24)11(23)10(4-22)25-14/h1-3,10-12,14,22-24H,4H2/t10-,11-,12-,14-/m1/s1. The number of pyridine rings is 1. The molecule has 0 bridgehead atoms. The van der Waals surface area contributed by atoms with Gasteiger partial charge in [-0.1, -0.05) is 23.2 Å². The first-order valence-corrected chi connectivity index (χ1v) is 8.50. The van der Waals surface area contributed by atoms with Crippen LogP contribution in [-0.2, 0) is 4.74 Å². The molecule has 25 heavy (non-hydrogen) atoms. The lowest BCUT2D eigenvalue weighted by molar-refractivity contribution is -0.0507. The molecule has 2 aromatic heterocycles. The van der Waals surface area contributed by atoms with Crippen molar-refractivity contribution >= 4 is 56.9 Å². The molecule has 1 fully saturated rings. The summed E-state index contributed by atoms with van der Waals surface area (Å²) in [5, 5.41) is 31.0. The van der Waals surface area contributed by atoms with Crippen LogP contribution in [0.5, 0.6) is 0 Å². The second-order valence-electron chi connectivity index (χ2n) is 5.77. The predicted molar refractivity (Wildman–Crippen MR) is 93.1 cm³/mol. The highest BCUT2D eigenvalue weighted by molar-refractivity contribution is 6.42. The summed E-state index contributed by atoms with van der Waals surface area (Å²) in [6, 6.07) is 5.03. The van der Waals surface area contributed by atoms with Gasteiger partial charge in [0, 0.05) is 5.39 Å². The van der Waals surface area contributed by atoms with E-state index in [4.69, 9.17) is 39.5 Å². The molecule has 0 amide bonds. The summed E-state index contributed by atoms with van der Waals surface area (Å²) in [6.45, 7) is -0.436. The number of ether oxygens (including phenoxy) is 1. The molecule has 10 heteroatoms. The molecule has 0 unspecified atom stereocenters. The summed E-state index contributed by atoms with van der Waals surface area (Å²) in [6.07, 6.45) is -4.46. The molecule has 0 spiro atoms. The van der Waals surface area contributed by atoms with Crippen molar-refractivity contribution in [2.24, 2.45) is 0 Å². The SMILES string of the molecule is OC[C@H]1O[C@@H](n2c(Cl)nc3nc4cc(Cl)c(Cl)cc4cc32)[C@H](O)[C@@H]1O. The van der Waals surface area contributed by atoms with Crippen LogP contribution in [0.25, 0.3) is 22.1 Å². The molecule has 1 saturated heterocycles. The minimum atomic E-state index is -1.28. The number of aromatic nitrogens is 3. The van der Waals surface area contributed by atoms with Crippen molar-refractivity contribution in [1.29, 1.82) is 0 Å². The normalized spacial score (nSPS) is 26.8. The minimum absolute atomic E-state index is 0.0323. The maximum Gasteiger partial charge on any atom is 0.207 e. The minimum Gasteiger partial charge on any atom is -0.394 e. The van der Waals surface area contributed by atoms with Gasteiger partial charge in [-0.15, -0.1) is 0 Å². The molecule has 0 aliphatic carbocycles. The number of fused-ring (bicyclic) bond motifs is 2. The van der Waals surface area contributed by atoms with Crippen LogP contribution in [0.3, 0.4) is 0 Å². The molecular formula is C15H12Cl3N3O4. The Kier molecular flexibility index (Phi) is 4.28. The van der Waals surface area contributed by atoms with Crippen LogP contribution in [0.1, 0.15) is 6.23 Å². The van der Waals surface area contributed by atoms with E-state index in [0.717, 1.165) is 0 Å². The second kappa shape index (κ2) is 6.21. The van der Waals surface area contributed by atoms with Gasteiger partial charge in [0.15, 0.2) is 11.9 Å². The van der Waals surface area contributed by atoms with Gasteiger partial charge >= 0.3 is 0 Å². The Bertz CT molecular complexity index is 980. The summed E-state index contributed by atoms with van der Waals surface area (Å²) in [5.74, 6) is 0. The summed E-state index contributed by atoms with van der Waals surface area (Å²) >= 11 is 18.3. The predicted octanol–water partition coefficient (Wildman–Crippen LogP) is 2.16. The zero-order valence-corrected chi connectivity index (χ0v) is 14.7. The molecule has 0 radical (unpaired) electrons. The van der Waals surface area contributed by atoms with Crippen LogP contribution in [0.15, 0.2) is 18.2 Å². The first-order chi connectivity index (χ1) is 11.9. The fourth-order valence-electron chi connectivity index (χ4n) is 2.98. The third kappa shape index (κ3) is 2.67. The average molecular weight is 405 g/mol. The highest BCUT2D eigenvalue weighted by Gasteiger charge is 2.44. The third-order valence-corrected chi connectivity index (χ3v) is 5.23. The monoisotopic (exact) mass is 403 g/mol. The van der Waals surface area contributed by atoms with E-state index in [1.54, 1.807) is 18.2 Å². The maximum absolute atomic E-state index is 10.3. The molecule has 3 aromatic rings. The molecule has 4 rings (SSSR count). The van der Waals surface area contributed by atoms with E-state index in [9.17, 15) is 15.3 Å². The number of imidazole rings is 1. The highest BCUT2D eigenvalue weighted by atomic mass is 35.5. The smallest absolute Gasteiger partial charge is 0.207 e. The first-order valence-electron chi connectivity index (χ1n) is 7.36. The van der Waals surface area contributed by atoms with Gasteiger partial charge in [-0.05, 0) is 29.8 Å². The van der Waals surface area contributed by atoms with Crippen LogP contribution >= 0.6 is 34.8 Å². The van der Waals surface area contributed by atoms with E-state index in [1.165, 1.54) is 4.57 Å². The topological polar surface area (TPSA) is 101 Å². The van der Waals surface area contributed by atoms with Crippen LogP contribution < -0.4 is 0 Å². The van der Waals surface area contributed by atoms with E-state index < -0.39 is 31.1 Å². The van der Waals surface area contributed by atoms with Crippen molar-refractivity contribution in [2.45, 2.75) is 24.5 Å². The Labute approximate surface area is 156 Å². The molecule has 1 aliphatic heterocycles. The second-order valence-corrected chi connectivity index (χ2v) is 6.92. The van der Waals surface area contributed by atoms with Crippen molar-refractivity contribution in [3.63, 3.8) is 0 Å². The summed E-state index contributed by atoms with van der Waals surface area (Å²) in [7, 11) is 0. The fourth-order valence-corrected chi connectivity index (χ4v) is 3.58. The van der Waals surface area contributed by atoms with Gasteiger partial charge < -0.3 is 20.1 Å². The highest BCUT2D eigenvalue weighted by Crippen LogP contribution is 2.36. The van der Waals surface area contributed by atoms with E-state index in [-0.39, 0.29) is 5.28 Å². The Hall–Kier alpha value is -1.19. The molecule has 1 aliphatic rings. The number of rotatable bonds is 2. The molecule has 1 aromatic carbocycles. The first kappa shape index (κ1) is 17.2. The molecule has 3 heterocycles. The van der Waals surface area contributed by atoms with Crippen LogP contribution in [0.4, 0.5) is 0 Å². The Morgan fingerprint density at radius 1 is 1.04 bits per heavy atom. The largest absolute Gasteiger partial charge is 0.394 e. The molecule has 0 saturated carbocycles. The van der Waals surface area contributed by atoms with E-state index in [2.05, 4.69) is 9.97 Å². The van der Waals surface area contributed by atoms with Crippen molar-refractivity contribution < 1.29 is 20.1 Å². The molecular weight excluding hydrogens is 393 g/mol. The summed E-state index contributed by atoms with van der Waals surface area (Å²) in [5.41, 5.74) is 1.41. The lowest BCUT2D eigenvalue weighted by atomic mass is 10.1. The number of hydrogen-bond acceptors (Lipinski definition) is 6. The zero-order valence-electron chi connectivity index (χ0n) is 12.5. The van der Waals surface area contributed by atoms with Crippen molar-refractivity contribution in [2.75, 3.05) is 6.61 Å². The number of halogens is 3. The lowest BCUT2D eigenvalue weighted by Gasteiger charge is -2.18. The van der Waals surface area contributed by atoms with Gasteiger partial charge in [0.05, 0.1) is 27.7 Å². The van der Waals surface area contributed by atoms with Gasteiger partial charge in [0.2, 0.25) is 5.28 Å². The van der Waals surface area contributed by atoms with E-state index in [0.29, 0.717) is 32.1 Å². The van der Waals surface area contributed by atoms with Gasteiger partial charge in [-0.3, -0.25) is 4.57 Å². The van der Waals surface area contributed by atoms with Gasteiger partial charge in [-0.2, -0.15) is 4.98 Å². The quantitative estimate of drug-likeness (QED) is 0.605. The van der Waals surface area contributed by atoms with E-state index in [1.807, 2.05) is 0 Å². The third-order valence-electron chi connectivity index (χ3n) is 4.25. The lowest BCUT2D eigenvalue weighted by Crippen LogP contribution is -2.33. The molecule has 3 N–H and O–H groups in total. The summed E-state index contributed by atoms with van der Waals surface area (Å²) in [4.78, 5) is 8.58. The Morgan fingerprint density at radius 2 is 1.76 bits per heavy atom. The number of aliphatic hydroxyl groups is 3. The van der Waals surface area contributed by atoms with Crippen molar-refractivity contribution in [1.82, 2.24) is 14.5 Å². The number of hydrogen-bond donors (Lipinski definition) is 3. The number of nitrogens with zero attached hydrogens (tertiary/aromatic N) is 3. The maximum atomic E-state index is 10.3. The average Bonchev–Trinajstić information content (AvgIpc) is 3.03. The van der Waals surface area contributed by atoms with Crippen LogP contribution in [-0.4, -0.2) is 54.8 Å². The summed E-state index contributed by atoms with van der Waals surface area (Å²) < 4.78 is 6.96. The molecule has 4 atom stereocenters. The molecule has 7 nitrogen and oxygen atoms in total. The molecule has 132 valence electrons. The number of benzene rings is 1. The van der Waals surface area contributed by atoms with Gasteiger partial charge in [0.1, 0.15) is 18.3 Å². The number of aliphatic hydroxyl groups excluding tert-OH is 3.